The third-order valence-corrected chi connectivity index (χ3v) is 3.58. The van der Waals surface area contributed by atoms with Crippen LogP contribution < -0.4 is 10.6 Å². The van der Waals surface area contributed by atoms with Crippen LogP contribution in [0.15, 0.2) is 24.3 Å². The van der Waals surface area contributed by atoms with Gasteiger partial charge in [0, 0.05) is 15.7 Å². The van der Waals surface area contributed by atoms with Crippen LogP contribution in [0, 0.1) is 15.9 Å². The van der Waals surface area contributed by atoms with Crippen molar-refractivity contribution in [3.05, 3.63) is 27.8 Å². The van der Waals surface area contributed by atoms with Gasteiger partial charge >= 0.3 is 6.03 Å². The number of terminal acetylenes is 1. The molecule has 1 aliphatic heterocycles. The Bertz CT molecular complexity index is 621. The number of carbonyl (C=O) groups is 3. The van der Waals surface area contributed by atoms with Crippen molar-refractivity contribution in [2.75, 3.05) is 11.9 Å². The molecule has 0 aliphatic carbocycles. The molecule has 1 aliphatic rings. The van der Waals surface area contributed by atoms with Crippen LogP contribution in [-0.4, -0.2) is 35.3 Å². The molecule has 2 rings (SSSR count). The summed E-state index contributed by atoms with van der Waals surface area (Å²) >= 11 is 2.15. The summed E-state index contributed by atoms with van der Waals surface area (Å²) in [6.07, 6.45) is 5.24. The van der Waals surface area contributed by atoms with Crippen molar-refractivity contribution >= 4 is 46.1 Å². The van der Waals surface area contributed by atoms with Gasteiger partial charge in [-0.2, -0.15) is 0 Å². The first kappa shape index (κ1) is 15.3. The predicted octanol–water partition coefficient (Wildman–Crippen LogP) is 1.17. The Morgan fingerprint density at radius 3 is 2.67 bits per heavy atom. The Morgan fingerprint density at radius 1 is 1.38 bits per heavy atom. The van der Waals surface area contributed by atoms with E-state index in [9.17, 15) is 14.4 Å². The van der Waals surface area contributed by atoms with E-state index in [1.54, 1.807) is 12.1 Å². The molecule has 1 aromatic carbocycles. The largest absolute Gasteiger partial charge is 0.325 e. The molecule has 0 saturated carbocycles. The van der Waals surface area contributed by atoms with E-state index in [2.05, 4.69) is 39.1 Å². The van der Waals surface area contributed by atoms with Gasteiger partial charge in [0.1, 0.15) is 12.6 Å². The zero-order chi connectivity index (χ0) is 15.4. The van der Waals surface area contributed by atoms with Gasteiger partial charge in [-0.15, -0.1) is 12.3 Å². The van der Waals surface area contributed by atoms with Crippen molar-refractivity contribution < 1.29 is 14.4 Å². The maximum atomic E-state index is 11.9. The van der Waals surface area contributed by atoms with Crippen molar-refractivity contribution in [3.8, 4) is 12.3 Å². The molecule has 4 amide bonds. The van der Waals surface area contributed by atoms with Crippen molar-refractivity contribution in [2.24, 2.45) is 0 Å². The summed E-state index contributed by atoms with van der Waals surface area (Å²) in [5.74, 6) is 1.40. The van der Waals surface area contributed by atoms with Crippen molar-refractivity contribution in [1.82, 2.24) is 10.2 Å². The van der Waals surface area contributed by atoms with Crippen molar-refractivity contribution in [1.29, 1.82) is 0 Å². The number of hydrogen-bond donors (Lipinski definition) is 2. The molecule has 2 N–H and O–H groups in total. The highest BCUT2D eigenvalue weighted by atomic mass is 127. The van der Waals surface area contributed by atoms with Crippen LogP contribution in [0.5, 0.6) is 0 Å². The fourth-order valence-corrected chi connectivity index (χ4v) is 2.22. The Kier molecular flexibility index (Phi) is 4.80. The third-order valence-electron chi connectivity index (χ3n) is 2.86. The zero-order valence-electron chi connectivity index (χ0n) is 10.9. The van der Waals surface area contributed by atoms with Crippen LogP contribution in [0.25, 0.3) is 0 Å². The number of urea groups is 1. The van der Waals surface area contributed by atoms with E-state index in [1.807, 2.05) is 12.1 Å². The molecule has 108 valence electrons. The maximum absolute atomic E-state index is 11.9. The first-order valence-electron chi connectivity index (χ1n) is 6.12. The molecule has 1 atom stereocenters. The van der Waals surface area contributed by atoms with E-state index in [0.717, 1.165) is 8.47 Å². The first-order chi connectivity index (χ1) is 10.0. The van der Waals surface area contributed by atoms with Gasteiger partial charge in [-0.25, -0.2) is 4.79 Å². The lowest BCUT2D eigenvalue weighted by Crippen LogP contribution is -2.38. The Labute approximate surface area is 135 Å². The molecule has 0 bridgehead atoms. The first-order valence-corrected chi connectivity index (χ1v) is 7.20. The zero-order valence-corrected chi connectivity index (χ0v) is 13.1. The molecule has 0 spiro atoms. The van der Waals surface area contributed by atoms with E-state index in [-0.39, 0.29) is 13.0 Å². The number of imide groups is 1. The molecule has 1 fully saturated rings. The molecule has 6 nitrogen and oxygen atoms in total. The number of anilines is 1. The van der Waals surface area contributed by atoms with Gasteiger partial charge in [-0.1, -0.05) is 0 Å². The SMILES string of the molecule is C#CCC1NC(=O)N(CC(=O)Nc2ccc(I)cc2)C1=O. The van der Waals surface area contributed by atoms with Gasteiger partial charge in [0.05, 0.1) is 0 Å². The maximum Gasteiger partial charge on any atom is 0.325 e. The number of benzene rings is 1. The predicted molar refractivity (Wildman–Crippen MR) is 85.3 cm³/mol. The molecule has 1 aromatic rings. The van der Waals surface area contributed by atoms with Gasteiger partial charge in [-0.3, -0.25) is 14.5 Å². The molecule has 0 aromatic heterocycles. The minimum Gasteiger partial charge on any atom is -0.325 e. The third kappa shape index (κ3) is 3.72. The normalized spacial score (nSPS) is 17.3. The molecular weight excluding hydrogens is 385 g/mol. The second kappa shape index (κ2) is 6.58. The number of nitrogens with one attached hydrogen (secondary N) is 2. The van der Waals surface area contributed by atoms with Crippen molar-refractivity contribution in [3.63, 3.8) is 0 Å². The summed E-state index contributed by atoms with van der Waals surface area (Å²) in [4.78, 5) is 36.3. The minimum absolute atomic E-state index is 0.111. The summed E-state index contributed by atoms with van der Waals surface area (Å²) in [6.45, 7) is -0.336. The monoisotopic (exact) mass is 397 g/mol. The second-order valence-corrected chi connectivity index (χ2v) is 5.64. The second-order valence-electron chi connectivity index (χ2n) is 4.39. The number of carbonyl (C=O) groups excluding carboxylic acids is 3. The van der Waals surface area contributed by atoms with Crippen LogP contribution in [0.2, 0.25) is 0 Å². The van der Waals surface area contributed by atoms with Gasteiger partial charge in [0.25, 0.3) is 5.91 Å². The smallest absolute Gasteiger partial charge is 0.325 e. The highest BCUT2D eigenvalue weighted by Crippen LogP contribution is 2.12. The van der Waals surface area contributed by atoms with Crippen molar-refractivity contribution in [2.45, 2.75) is 12.5 Å². The fourth-order valence-electron chi connectivity index (χ4n) is 1.86. The van der Waals surface area contributed by atoms with E-state index >= 15 is 0 Å². The molecule has 1 saturated heterocycles. The molecule has 7 heteroatoms. The number of hydrogen-bond acceptors (Lipinski definition) is 3. The molecule has 1 heterocycles. The lowest BCUT2D eigenvalue weighted by Gasteiger charge is -2.12. The van der Waals surface area contributed by atoms with Crippen LogP contribution >= 0.6 is 22.6 Å². The van der Waals surface area contributed by atoms with Crippen LogP contribution in [0.4, 0.5) is 10.5 Å². The number of amides is 4. The highest BCUT2D eigenvalue weighted by molar-refractivity contribution is 14.1. The van der Waals surface area contributed by atoms with Gasteiger partial charge in [0.15, 0.2) is 0 Å². The van der Waals surface area contributed by atoms with Crippen LogP contribution in [0.1, 0.15) is 6.42 Å². The van der Waals surface area contributed by atoms with E-state index in [1.165, 1.54) is 0 Å². The molecule has 0 radical (unpaired) electrons. The summed E-state index contributed by atoms with van der Waals surface area (Å²) in [5.41, 5.74) is 0.604. The molecule has 1 unspecified atom stereocenters. The van der Waals surface area contributed by atoms with E-state index in [0.29, 0.717) is 5.69 Å². The molecular formula is C14H12IN3O3. The van der Waals surface area contributed by atoms with Gasteiger partial charge in [0.2, 0.25) is 5.91 Å². The summed E-state index contributed by atoms with van der Waals surface area (Å²) in [5, 5.41) is 5.07. The summed E-state index contributed by atoms with van der Waals surface area (Å²) < 4.78 is 1.04. The molecule has 21 heavy (non-hydrogen) atoms. The topological polar surface area (TPSA) is 78.5 Å². The Morgan fingerprint density at radius 2 is 2.05 bits per heavy atom. The lowest BCUT2D eigenvalue weighted by atomic mass is 10.2. The van der Waals surface area contributed by atoms with E-state index in [4.69, 9.17) is 6.42 Å². The highest BCUT2D eigenvalue weighted by Gasteiger charge is 2.38. The average Bonchev–Trinajstić information content (AvgIpc) is 2.70. The number of nitrogens with zero attached hydrogens (tertiary/aromatic N) is 1. The van der Waals surface area contributed by atoms with Crippen LogP contribution in [0.3, 0.4) is 0 Å². The summed E-state index contributed by atoms with van der Waals surface area (Å²) in [6, 6.07) is 5.82. The summed E-state index contributed by atoms with van der Waals surface area (Å²) in [7, 11) is 0. The number of rotatable bonds is 4. The number of halogens is 1. The quantitative estimate of drug-likeness (QED) is 0.455. The minimum atomic E-state index is -0.742. The standard InChI is InChI=1S/C14H12IN3O3/c1-2-3-11-13(20)18(14(21)17-11)8-12(19)16-10-6-4-9(15)5-7-10/h1,4-7,11H,3,8H2,(H,16,19)(H,17,21). The van der Waals surface area contributed by atoms with E-state index < -0.39 is 23.9 Å². The van der Waals surface area contributed by atoms with Crippen LogP contribution in [-0.2, 0) is 9.59 Å². The van der Waals surface area contributed by atoms with Gasteiger partial charge in [-0.05, 0) is 46.9 Å². The Hall–Kier alpha value is -2.08. The van der Waals surface area contributed by atoms with Gasteiger partial charge < -0.3 is 10.6 Å². The average molecular weight is 397 g/mol. The lowest BCUT2D eigenvalue weighted by molar-refractivity contribution is -0.130. The fraction of sp³-hybridized carbons (Fsp3) is 0.214. The Balaban J connectivity index is 1.96.